The fourth-order valence-electron chi connectivity index (χ4n) is 2.44. The molecular formula is C20H23ClN2O2S. The van der Waals surface area contributed by atoms with E-state index in [0.717, 1.165) is 21.8 Å². The number of nitrogens with one attached hydrogen (secondary N) is 2. The molecule has 0 aliphatic rings. The molecule has 26 heavy (non-hydrogen) atoms. The van der Waals surface area contributed by atoms with Crippen LogP contribution >= 0.6 is 23.4 Å². The van der Waals surface area contributed by atoms with E-state index >= 15 is 0 Å². The van der Waals surface area contributed by atoms with Crippen molar-refractivity contribution in [1.29, 1.82) is 0 Å². The lowest BCUT2D eigenvalue weighted by Gasteiger charge is -2.18. The van der Waals surface area contributed by atoms with E-state index in [0.29, 0.717) is 11.6 Å². The van der Waals surface area contributed by atoms with Crippen molar-refractivity contribution < 1.29 is 9.59 Å². The summed E-state index contributed by atoms with van der Waals surface area (Å²) in [6, 6.07) is 15.1. The Morgan fingerprint density at radius 3 is 2.35 bits per heavy atom. The number of carbonyl (C=O) groups is 2. The van der Waals surface area contributed by atoms with E-state index in [2.05, 4.69) is 10.6 Å². The second kappa shape index (κ2) is 10.2. The average molecular weight is 391 g/mol. The Bertz CT molecular complexity index is 732. The molecule has 0 aliphatic carbocycles. The van der Waals surface area contributed by atoms with E-state index in [1.54, 1.807) is 11.8 Å². The number of hydrogen-bond donors (Lipinski definition) is 2. The lowest BCUT2D eigenvalue weighted by atomic mass is 10.0. The van der Waals surface area contributed by atoms with Crippen LogP contribution in [-0.2, 0) is 9.59 Å². The highest BCUT2D eigenvalue weighted by Crippen LogP contribution is 2.20. The Morgan fingerprint density at radius 2 is 1.73 bits per heavy atom. The molecule has 2 amide bonds. The number of thioether (sulfide) groups is 1. The summed E-state index contributed by atoms with van der Waals surface area (Å²) in [4.78, 5) is 24.8. The van der Waals surface area contributed by atoms with Gasteiger partial charge >= 0.3 is 0 Å². The fraction of sp³-hybridized carbons (Fsp3) is 0.300. The first-order valence-electron chi connectivity index (χ1n) is 8.43. The van der Waals surface area contributed by atoms with Crippen molar-refractivity contribution in [1.82, 2.24) is 10.6 Å². The summed E-state index contributed by atoms with van der Waals surface area (Å²) < 4.78 is 0. The minimum Gasteiger partial charge on any atom is -0.355 e. The van der Waals surface area contributed by atoms with E-state index < -0.39 is 0 Å². The maximum Gasteiger partial charge on any atom is 0.222 e. The molecule has 2 N–H and O–H groups in total. The van der Waals surface area contributed by atoms with Crippen molar-refractivity contribution in [2.45, 2.75) is 31.2 Å². The van der Waals surface area contributed by atoms with Gasteiger partial charge < -0.3 is 10.6 Å². The van der Waals surface area contributed by atoms with E-state index in [1.807, 2.05) is 55.5 Å². The van der Waals surface area contributed by atoms with Gasteiger partial charge in [0.05, 0.1) is 12.5 Å². The third-order valence-corrected chi connectivity index (χ3v) is 5.02. The molecule has 0 radical (unpaired) electrons. The molecule has 2 rings (SSSR count). The Hall–Kier alpha value is -1.98. The molecule has 6 heteroatoms. The highest BCUT2D eigenvalue weighted by atomic mass is 35.5. The van der Waals surface area contributed by atoms with Crippen LogP contribution in [0.1, 0.15) is 30.5 Å². The number of benzene rings is 2. The molecule has 2 aromatic carbocycles. The highest BCUT2D eigenvalue weighted by molar-refractivity contribution is 7.99. The van der Waals surface area contributed by atoms with Gasteiger partial charge in [-0.05, 0) is 36.8 Å². The first-order chi connectivity index (χ1) is 12.4. The maximum absolute atomic E-state index is 12.2. The Kier molecular flexibility index (Phi) is 8.01. The summed E-state index contributed by atoms with van der Waals surface area (Å²) in [5, 5.41) is 6.47. The molecule has 0 heterocycles. The standard InChI is InChI=1S/C20H23ClN2O2S/c1-14-3-5-16(6-4-14)19(23-15(2)24)13-20(25)22-11-12-26-18-9-7-17(21)8-10-18/h3-10,19H,11-13H2,1-2H3,(H,22,25)(H,23,24). The monoisotopic (exact) mass is 390 g/mol. The van der Waals surface area contributed by atoms with Gasteiger partial charge in [0.25, 0.3) is 0 Å². The van der Waals surface area contributed by atoms with Crippen LogP contribution in [0, 0.1) is 6.92 Å². The van der Waals surface area contributed by atoms with Gasteiger partial charge in [-0.15, -0.1) is 11.8 Å². The first kappa shape index (κ1) is 20.3. The summed E-state index contributed by atoms with van der Waals surface area (Å²) >= 11 is 7.52. The minimum atomic E-state index is -0.322. The number of carbonyl (C=O) groups excluding carboxylic acids is 2. The number of rotatable bonds is 8. The molecule has 1 atom stereocenters. The van der Waals surface area contributed by atoms with Crippen molar-refractivity contribution in [3.8, 4) is 0 Å². The second-order valence-corrected chi connectivity index (χ2v) is 7.63. The highest BCUT2D eigenvalue weighted by Gasteiger charge is 2.16. The molecule has 0 saturated carbocycles. The minimum absolute atomic E-state index is 0.0824. The van der Waals surface area contributed by atoms with Gasteiger partial charge in [-0.2, -0.15) is 0 Å². The van der Waals surface area contributed by atoms with Crippen molar-refractivity contribution in [3.05, 3.63) is 64.7 Å². The smallest absolute Gasteiger partial charge is 0.222 e. The van der Waals surface area contributed by atoms with Crippen LogP contribution in [0.4, 0.5) is 0 Å². The lowest BCUT2D eigenvalue weighted by Crippen LogP contribution is -2.33. The molecule has 2 aromatic rings. The topological polar surface area (TPSA) is 58.2 Å². The SMILES string of the molecule is CC(=O)NC(CC(=O)NCCSc1ccc(Cl)cc1)c1ccc(C)cc1. The Balaban J connectivity index is 1.81. The van der Waals surface area contributed by atoms with Gasteiger partial charge in [-0.1, -0.05) is 41.4 Å². The van der Waals surface area contributed by atoms with Gasteiger partial charge in [-0.25, -0.2) is 0 Å². The maximum atomic E-state index is 12.2. The fourth-order valence-corrected chi connectivity index (χ4v) is 3.34. The predicted molar refractivity (Wildman–Crippen MR) is 108 cm³/mol. The number of hydrogen-bond acceptors (Lipinski definition) is 3. The summed E-state index contributed by atoms with van der Waals surface area (Å²) in [7, 11) is 0. The quantitative estimate of drug-likeness (QED) is 0.526. The third-order valence-electron chi connectivity index (χ3n) is 3.75. The van der Waals surface area contributed by atoms with Crippen LogP contribution in [0.25, 0.3) is 0 Å². The molecule has 0 bridgehead atoms. The van der Waals surface area contributed by atoms with Crippen LogP contribution in [-0.4, -0.2) is 24.1 Å². The van der Waals surface area contributed by atoms with Crippen molar-refractivity contribution in [2.24, 2.45) is 0 Å². The van der Waals surface area contributed by atoms with Crippen molar-refractivity contribution >= 4 is 35.2 Å². The molecule has 0 saturated heterocycles. The second-order valence-electron chi connectivity index (χ2n) is 6.02. The number of amides is 2. The largest absolute Gasteiger partial charge is 0.355 e. The Morgan fingerprint density at radius 1 is 1.08 bits per heavy atom. The molecule has 0 aromatic heterocycles. The van der Waals surface area contributed by atoms with E-state index in [-0.39, 0.29) is 24.3 Å². The summed E-state index contributed by atoms with van der Waals surface area (Å²) in [5.74, 6) is 0.533. The van der Waals surface area contributed by atoms with Crippen LogP contribution < -0.4 is 10.6 Å². The third kappa shape index (κ3) is 7.10. The first-order valence-corrected chi connectivity index (χ1v) is 9.79. The molecule has 0 spiro atoms. The van der Waals surface area contributed by atoms with Crippen LogP contribution in [0.2, 0.25) is 5.02 Å². The van der Waals surface area contributed by atoms with Gasteiger partial charge in [0.2, 0.25) is 11.8 Å². The number of aryl methyl sites for hydroxylation is 1. The molecular weight excluding hydrogens is 368 g/mol. The lowest BCUT2D eigenvalue weighted by molar-refractivity contribution is -0.122. The van der Waals surface area contributed by atoms with E-state index in [4.69, 9.17) is 11.6 Å². The molecule has 0 aliphatic heterocycles. The van der Waals surface area contributed by atoms with E-state index in [1.165, 1.54) is 6.92 Å². The summed E-state index contributed by atoms with van der Waals surface area (Å²) in [6.45, 7) is 4.02. The number of halogens is 1. The zero-order chi connectivity index (χ0) is 18.9. The molecule has 0 fully saturated rings. The van der Waals surface area contributed by atoms with Gasteiger partial charge in [0.15, 0.2) is 0 Å². The van der Waals surface area contributed by atoms with Crippen molar-refractivity contribution in [2.75, 3.05) is 12.3 Å². The van der Waals surface area contributed by atoms with Crippen LogP contribution in [0.5, 0.6) is 0 Å². The molecule has 138 valence electrons. The summed E-state index contributed by atoms with van der Waals surface area (Å²) in [5.41, 5.74) is 2.07. The summed E-state index contributed by atoms with van der Waals surface area (Å²) in [6.07, 6.45) is 0.217. The van der Waals surface area contributed by atoms with Crippen molar-refractivity contribution in [3.63, 3.8) is 0 Å². The average Bonchev–Trinajstić information content (AvgIpc) is 2.60. The zero-order valence-corrected chi connectivity index (χ0v) is 16.5. The predicted octanol–water partition coefficient (Wildman–Crippen LogP) is 4.12. The normalized spacial score (nSPS) is 11.7. The van der Waals surface area contributed by atoms with E-state index in [9.17, 15) is 9.59 Å². The zero-order valence-electron chi connectivity index (χ0n) is 14.9. The molecule has 4 nitrogen and oxygen atoms in total. The van der Waals surface area contributed by atoms with Gasteiger partial charge in [0, 0.05) is 29.1 Å². The Labute approximate surface area is 163 Å². The van der Waals surface area contributed by atoms with Crippen LogP contribution in [0.3, 0.4) is 0 Å². The van der Waals surface area contributed by atoms with Crippen LogP contribution in [0.15, 0.2) is 53.4 Å². The van der Waals surface area contributed by atoms with Gasteiger partial charge in [-0.3, -0.25) is 9.59 Å². The molecule has 1 unspecified atom stereocenters. The van der Waals surface area contributed by atoms with Gasteiger partial charge in [0.1, 0.15) is 0 Å².